The van der Waals surface area contributed by atoms with Crippen LogP contribution in [0.15, 0.2) is 47.4 Å². The molecule has 1 aliphatic rings. The van der Waals surface area contributed by atoms with Crippen LogP contribution in [0.5, 0.6) is 0 Å². The lowest BCUT2D eigenvalue weighted by atomic mass is 10.1. The highest BCUT2D eigenvalue weighted by molar-refractivity contribution is 8.00. The van der Waals surface area contributed by atoms with Crippen molar-refractivity contribution < 1.29 is 18.8 Å². The summed E-state index contributed by atoms with van der Waals surface area (Å²) < 4.78 is 14.7. The van der Waals surface area contributed by atoms with Gasteiger partial charge in [0.2, 0.25) is 0 Å². The smallest absolute Gasteiger partial charge is 0.350 e. The molecule has 8 nitrogen and oxygen atoms in total. The number of anilines is 1. The third kappa shape index (κ3) is 7.31. The van der Waals surface area contributed by atoms with Crippen molar-refractivity contribution in [1.82, 2.24) is 9.55 Å². The molecule has 11 heteroatoms. The molecule has 2 N–H and O–H groups in total. The first-order valence-electron chi connectivity index (χ1n) is 13.4. The highest BCUT2D eigenvalue weighted by atomic mass is 32.2. The van der Waals surface area contributed by atoms with Crippen LogP contribution in [0.3, 0.4) is 0 Å². The van der Waals surface area contributed by atoms with Crippen LogP contribution < -0.4 is 11.0 Å². The quantitative estimate of drug-likeness (QED) is 0.370. The second-order valence-electron chi connectivity index (χ2n) is 13.3. The first-order chi connectivity index (χ1) is 17.8. The molecule has 0 bridgehead atoms. The minimum atomic E-state index is -2.29. The number of carbonyl (C=O) groups is 1. The molecule has 1 aliphatic heterocycles. The number of amides is 1. The van der Waals surface area contributed by atoms with Crippen molar-refractivity contribution in [3.8, 4) is 0 Å². The van der Waals surface area contributed by atoms with Crippen LogP contribution in [-0.4, -0.2) is 61.3 Å². The topological polar surface area (TPSA) is 103 Å². The molecule has 0 unspecified atom stereocenters. The zero-order valence-electron chi connectivity index (χ0n) is 24.9. The van der Waals surface area contributed by atoms with E-state index in [1.54, 1.807) is 36.5 Å². The summed E-state index contributed by atoms with van der Waals surface area (Å²) in [6.45, 7) is 22.1. The van der Waals surface area contributed by atoms with E-state index in [0.29, 0.717) is 12.2 Å². The Labute approximate surface area is 239 Å². The van der Waals surface area contributed by atoms with E-state index in [2.05, 4.69) is 78.0 Å². The molecule has 4 atom stereocenters. The predicted molar refractivity (Wildman–Crippen MR) is 165 cm³/mol. The fourth-order valence-electron chi connectivity index (χ4n) is 3.68. The van der Waals surface area contributed by atoms with Gasteiger partial charge in [-0.2, -0.15) is 4.98 Å². The zero-order valence-corrected chi connectivity index (χ0v) is 27.8. The monoisotopic (exact) mass is 591 g/mol. The number of aliphatic hydroxyl groups excluding tert-OH is 1. The molecule has 1 aromatic carbocycles. The van der Waals surface area contributed by atoms with Crippen LogP contribution in [0, 0.1) is 0 Å². The standard InChI is InChI=1S/C28H45N3O5SSi2/c1-27(2,3)38(7,8)35-18-20-22(32)23(36-39(9,10)28(4,5)6)25(37-20)31-17-16-21(30-26(31)34)29-24(33)19-14-12-11-13-15-19/h11-17,20,22-23,25,32H,18H2,1-10H3,(H,29,30,33,34)/t20-,22-,23-,25-/m1/s1. The van der Waals surface area contributed by atoms with Crippen LogP contribution in [-0.2, 0) is 8.85 Å². The molecule has 1 saturated heterocycles. The van der Waals surface area contributed by atoms with Gasteiger partial charge in [-0.05, 0) is 54.5 Å². The Hall–Kier alpha value is -1.77. The van der Waals surface area contributed by atoms with Gasteiger partial charge in [0, 0.05) is 18.4 Å². The van der Waals surface area contributed by atoms with Gasteiger partial charge in [-0.25, -0.2) is 4.79 Å². The Morgan fingerprint density at radius 1 is 1.03 bits per heavy atom. The molecule has 1 fully saturated rings. The van der Waals surface area contributed by atoms with Gasteiger partial charge in [0.15, 0.2) is 16.6 Å². The van der Waals surface area contributed by atoms with Gasteiger partial charge in [-0.1, -0.05) is 59.7 Å². The molecule has 2 aromatic rings. The van der Waals surface area contributed by atoms with Crippen molar-refractivity contribution in [3.63, 3.8) is 0 Å². The summed E-state index contributed by atoms with van der Waals surface area (Å²) in [7, 11) is -4.33. The number of hydrogen-bond donors (Lipinski definition) is 2. The number of benzene rings is 1. The second kappa shape index (κ2) is 11.6. The second-order valence-corrected chi connectivity index (χ2v) is 24.2. The highest BCUT2D eigenvalue weighted by Crippen LogP contribution is 2.48. The molecule has 0 spiro atoms. The van der Waals surface area contributed by atoms with Crippen molar-refractivity contribution in [3.05, 3.63) is 58.6 Å². The van der Waals surface area contributed by atoms with Crippen LogP contribution in [0.1, 0.15) is 57.3 Å². The van der Waals surface area contributed by atoms with Gasteiger partial charge in [-0.3, -0.25) is 9.36 Å². The molecular formula is C28H45N3O5SSi2. The number of aromatic nitrogens is 2. The summed E-state index contributed by atoms with van der Waals surface area (Å²) in [5.41, 5.74) is -0.0364. The summed E-state index contributed by atoms with van der Waals surface area (Å²) in [5.74, 6) is -0.166. The van der Waals surface area contributed by atoms with Gasteiger partial charge in [-0.15, -0.1) is 11.8 Å². The zero-order chi connectivity index (χ0) is 29.4. The molecular weight excluding hydrogens is 547 g/mol. The molecule has 39 heavy (non-hydrogen) atoms. The number of aliphatic hydroxyl groups is 1. The average molecular weight is 592 g/mol. The van der Waals surface area contributed by atoms with Crippen molar-refractivity contribution in [1.29, 1.82) is 0 Å². The van der Waals surface area contributed by atoms with Crippen molar-refractivity contribution in [2.24, 2.45) is 0 Å². The summed E-state index contributed by atoms with van der Waals surface area (Å²) >= 11 is 1.49. The maximum atomic E-state index is 13.3. The molecule has 0 saturated carbocycles. The fraction of sp³-hybridized carbons (Fsp3) is 0.607. The van der Waals surface area contributed by atoms with E-state index >= 15 is 0 Å². The minimum absolute atomic E-state index is 0.0402. The Morgan fingerprint density at radius 2 is 1.62 bits per heavy atom. The first kappa shape index (κ1) is 31.8. The molecule has 1 amide bonds. The lowest BCUT2D eigenvalue weighted by Gasteiger charge is -2.40. The Morgan fingerprint density at radius 3 is 2.15 bits per heavy atom. The number of carbonyl (C=O) groups excluding carboxylic acids is 1. The third-order valence-electron chi connectivity index (χ3n) is 8.35. The predicted octanol–water partition coefficient (Wildman–Crippen LogP) is 5.88. The van der Waals surface area contributed by atoms with Gasteiger partial charge >= 0.3 is 5.69 Å². The molecule has 2 heterocycles. The van der Waals surface area contributed by atoms with E-state index in [-0.39, 0.29) is 27.1 Å². The molecule has 0 radical (unpaired) electrons. The van der Waals surface area contributed by atoms with E-state index in [4.69, 9.17) is 8.85 Å². The summed E-state index contributed by atoms with van der Waals surface area (Å²) in [6.07, 6.45) is 0.204. The third-order valence-corrected chi connectivity index (χ3v) is 18.9. The van der Waals surface area contributed by atoms with E-state index < -0.39 is 39.9 Å². The van der Waals surface area contributed by atoms with Gasteiger partial charge < -0.3 is 19.3 Å². The SMILES string of the molecule is CC(C)(C)[Si](C)(C)OC[C@H]1S[C@@H](n2ccc(NC(=O)c3ccccc3)nc2=O)[C@H](O[Si](C)(C)C(C)(C)C)[C@@H]1O. The number of nitrogens with zero attached hydrogens (tertiary/aromatic N) is 2. The largest absolute Gasteiger partial charge is 0.416 e. The normalized spacial score (nSPS) is 22.6. The molecule has 0 aliphatic carbocycles. The van der Waals surface area contributed by atoms with Crippen molar-refractivity contribution >= 4 is 40.1 Å². The lowest BCUT2D eigenvalue weighted by Crippen LogP contribution is -2.50. The van der Waals surface area contributed by atoms with Crippen LogP contribution in [0.2, 0.25) is 36.3 Å². The Balaban J connectivity index is 1.89. The van der Waals surface area contributed by atoms with E-state index in [9.17, 15) is 14.7 Å². The van der Waals surface area contributed by atoms with Gasteiger partial charge in [0.05, 0.1) is 11.4 Å². The summed E-state index contributed by atoms with van der Waals surface area (Å²) in [6, 6.07) is 10.4. The van der Waals surface area contributed by atoms with Gasteiger partial charge in [0.1, 0.15) is 17.3 Å². The first-order valence-corrected chi connectivity index (χ1v) is 20.2. The van der Waals surface area contributed by atoms with Crippen molar-refractivity contribution in [2.75, 3.05) is 11.9 Å². The summed E-state index contributed by atoms with van der Waals surface area (Å²) in [5, 5.41) is 13.4. The minimum Gasteiger partial charge on any atom is -0.416 e. The maximum absolute atomic E-state index is 13.3. The molecule has 3 rings (SSSR count). The number of nitrogens with one attached hydrogen (secondary N) is 1. The number of thioether (sulfide) groups is 1. The van der Waals surface area contributed by atoms with E-state index in [1.807, 2.05) is 6.07 Å². The molecule has 1 aromatic heterocycles. The van der Waals surface area contributed by atoms with E-state index in [1.165, 1.54) is 16.3 Å². The average Bonchev–Trinajstić information content (AvgIpc) is 3.11. The van der Waals surface area contributed by atoms with Gasteiger partial charge in [0.25, 0.3) is 5.91 Å². The van der Waals surface area contributed by atoms with Crippen LogP contribution in [0.4, 0.5) is 5.82 Å². The fourth-order valence-corrected chi connectivity index (χ4v) is 7.72. The van der Waals surface area contributed by atoms with Crippen molar-refractivity contribution in [2.45, 2.75) is 101 Å². The number of hydrogen-bond acceptors (Lipinski definition) is 7. The molecule has 216 valence electrons. The van der Waals surface area contributed by atoms with E-state index in [0.717, 1.165) is 0 Å². The Kier molecular flexibility index (Phi) is 9.46. The van der Waals surface area contributed by atoms with Crippen LogP contribution in [0.25, 0.3) is 0 Å². The lowest BCUT2D eigenvalue weighted by molar-refractivity contribution is 0.0184. The summed E-state index contributed by atoms with van der Waals surface area (Å²) in [4.78, 5) is 29.9. The Bertz CT molecular complexity index is 1210. The highest BCUT2D eigenvalue weighted by Gasteiger charge is 2.51. The maximum Gasteiger partial charge on any atom is 0.350 e. The van der Waals surface area contributed by atoms with Crippen LogP contribution >= 0.6 is 11.8 Å². The number of rotatable bonds is 8.